The van der Waals surface area contributed by atoms with Crippen LogP contribution in [0, 0.1) is 0 Å². The number of carbonyl (C=O) groups excluding carboxylic acids is 2. The lowest BCUT2D eigenvalue weighted by atomic mass is 10.0. The lowest BCUT2D eigenvalue weighted by Gasteiger charge is -2.24. The van der Waals surface area contributed by atoms with Crippen LogP contribution in [0.15, 0.2) is 36.5 Å². The van der Waals surface area contributed by atoms with Crippen LogP contribution < -0.4 is 5.32 Å². The molecule has 0 aromatic carbocycles. The highest BCUT2D eigenvalue weighted by Crippen LogP contribution is 2.17. The molecule has 0 aliphatic heterocycles. The molecule has 0 aliphatic rings. The van der Waals surface area contributed by atoms with Crippen molar-refractivity contribution >= 4 is 11.9 Å². The number of unbranched alkanes of at least 4 members (excludes halogenated alkanes) is 27. The lowest BCUT2D eigenvalue weighted by Crippen LogP contribution is -2.46. The van der Waals surface area contributed by atoms with E-state index in [4.69, 9.17) is 4.74 Å². The molecule has 0 aliphatic carbocycles. The Kier molecular flexibility index (Phi) is 43.6. The van der Waals surface area contributed by atoms with Crippen LogP contribution in [0.5, 0.6) is 0 Å². The third-order valence-electron chi connectivity index (χ3n) is 11.2. The van der Waals surface area contributed by atoms with Crippen molar-refractivity contribution in [3.63, 3.8) is 0 Å². The summed E-state index contributed by atoms with van der Waals surface area (Å²) in [7, 11) is 0. The smallest absolute Gasteiger partial charge is 0.306 e. The maximum absolute atomic E-state index is 13.2. The molecule has 0 bridgehead atoms. The van der Waals surface area contributed by atoms with Crippen molar-refractivity contribution in [2.75, 3.05) is 6.61 Å². The van der Waals surface area contributed by atoms with E-state index in [0.29, 0.717) is 19.3 Å². The number of amides is 1. The molecule has 1 amide bonds. The van der Waals surface area contributed by atoms with Crippen molar-refractivity contribution in [3.8, 4) is 0 Å². The summed E-state index contributed by atoms with van der Waals surface area (Å²) >= 11 is 0. The van der Waals surface area contributed by atoms with Crippen molar-refractivity contribution in [1.82, 2.24) is 5.32 Å². The third-order valence-corrected chi connectivity index (χ3v) is 11.2. The van der Waals surface area contributed by atoms with Gasteiger partial charge in [-0.2, -0.15) is 0 Å². The largest absolute Gasteiger partial charge is 0.462 e. The highest BCUT2D eigenvalue weighted by atomic mass is 16.5. The predicted molar refractivity (Wildman–Crippen MR) is 246 cm³/mol. The maximum atomic E-state index is 13.2. The summed E-state index contributed by atoms with van der Waals surface area (Å²) in [5.74, 6) is -0.508. The number of hydrogen-bond donors (Lipinski definition) is 3. The minimum Gasteiger partial charge on any atom is -0.462 e. The van der Waals surface area contributed by atoms with Gasteiger partial charge in [0, 0.05) is 6.42 Å². The molecular weight excluding hydrogens is 707 g/mol. The monoisotopic (exact) mass is 802 g/mol. The summed E-state index contributed by atoms with van der Waals surface area (Å²) in [6.07, 6.45) is 52.0. The van der Waals surface area contributed by atoms with Gasteiger partial charge < -0.3 is 20.3 Å². The van der Waals surface area contributed by atoms with Gasteiger partial charge in [0.25, 0.3) is 0 Å². The second-order valence-electron chi connectivity index (χ2n) is 16.9. The van der Waals surface area contributed by atoms with Crippen LogP contribution in [-0.4, -0.2) is 46.9 Å². The number of nitrogens with one attached hydrogen (secondary N) is 1. The average Bonchev–Trinajstić information content (AvgIpc) is 3.20. The molecule has 0 spiro atoms. The molecule has 0 fully saturated rings. The van der Waals surface area contributed by atoms with Gasteiger partial charge in [-0.05, 0) is 77.0 Å². The van der Waals surface area contributed by atoms with Crippen LogP contribution in [0.3, 0.4) is 0 Å². The minimum absolute atomic E-state index is 0.0598. The average molecular weight is 802 g/mol. The Morgan fingerprint density at radius 1 is 0.509 bits per heavy atom. The Labute approximate surface area is 353 Å². The minimum atomic E-state index is -0.792. The number of aliphatic hydroxyl groups is 2. The van der Waals surface area contributed by atoms with Crippen molar-refractivity contribution in [3.05, 3.63) is 36.5 Å². The summed E-state index contributed by atoms with van der Waals surface area (Å²) in [6, 6.07) is -0.708. The Hall–Kier alpha value is -1.92. The van der Waals surface area contributed by atoms with Crippen LogP contribution >= 0.6 is 0 Å². The number of esters is 1. The van der Waals surface area contributed by atoms with Gasteiger partial charge in [-0.3, -0.25) is 9.59 Å². The zero-order valence-electron chi connectivity index (χ0n) is 38.0. The van der Waals surface area contributed by atoms with Gasteiger partial charge in [-0.15, -0.1) is 0 Å². The fraction of sp³-hybridized carbons (Fsp3) is 0.843. The second-order valence-corrected chi connectivity index (χ2v) is 16.9. The van der Waals surface area contributed by atoms with E-state index in [-0.39, 0.29) is 24.9 Å². The summed E-state index contributed by atoms with van der Waals surface area (Å²) in [5.41, 5.74) is 0. The molecule has 334 valence electrons. The lowest BCUT2D eigenvalue weighted by molar-refractivity contribution is -0.151. The fourth-order valence-electron chi connectivity index (χ4n) is 7.42. The summed E-state index contributed by atoms with van der Waals surface area (Å²) in [4.78, 5) is 26.1. The van der Waals surface area contributed by atoms with Crippen LogP contribution in [0.25, 0.3) is 0 Å². The van der Waals surface area contributed by atoms with Gasteiger partial charge in [-0.1, -0.05) is 198 Å². The van der Waals surface area contributed by atoms with E-state index >= 15 is 0 Å². The molecule has 6 nitrogen and oxygen atoms in total. The standard InChI is InChI=1S/C51H95NO5/c1-4-7-10-13-16-19-22-24-26-29-32-35-38-41-44-51(56)57-47(42-39-36-33-30-28-25-23-20-17-14-11-8-5-2)45-50(55)52-48(46-53)49(54)43-40-37-34-31-27-21-18-15-12-9-6-3/h17,20,23,25-26,29,47-49,53-54H,4-16,18-19,21-22,24,27-28,30-46H2,1-3H3,(H,52,55)/b20-17+,25-23+,29-26-. The molecule has 0 radical (unpaired) electrons. The Bertz CT molecular complexity index is 946. The number of rotatable bonds is 44. The first-order chi connectivity index (χ1) is 28.0. The predicted octanol–water partition coefficient (Wildman–Crippen LogP) is 14.5. The Balaban J connectivity index is 4.63. The van der Waals surface area contributed by atoms with Gasteiger partial charge in [-0.25, -0.2) is 0 Å². The van der Waals surface area contributed by atoms with Crippen LogP contribution in [0.1, 0.15) is 252 Å². The molecule has 3 unspecified atom stereocenters. The Morgan fingerprint density at radius 3 is 1.39 bits per heavy atom. The van der Waals surface area contributed by atoms with Crippen LogP contribution in [-0.2, 0) is 14.3 Å². The second kappa shape index (κ2) is 45.2. The SMILES string of the molecule is CCCCC/C=C/C=C/CCCCCCC(CC(=O)NC(CO)C(O)CCCCCCCCCCCCC)OC(=O)CCCCC/C=C\CCCCCCCCC. The quantitative estimate of drug-likeness (QED) is 0.0247. The van der Waals surface area contributed by atoms with Crippen molar-refractivity contribution in [2.45, 2.75) is 270 Å². The van der Waals surface area contributed by atoms with Gasteiger partial charge in [0.1, 0.15) is 6.10 Å². The van der Waals surface area contributed by atoms with E-state index in [1.165, 1.54) is 122 Å². The van der Waals surface area contributed by atoms with Gasteiger partial charge in [0.05, 0.1) is 25.2 Å². The zero-order chi connectivity index (χ0) is 41.7. The van der Waals surface area contributed by atoms with E-state index < -0.39 is 18.2 Å². The van der Waals surface area contributed by atoms with Crippen molar-refractivity contribution in [1.29, 1.82) is 0 Å². The van der Waals surface area contributed by atoms with E-state index in [1.54, 1.807) is 0 Å². The number of hydrogen-bond acceptors (Lipinski definition) is 5. The highest BCUT2D eigenvalue weighted by molar-refractivity contribution is 5.77. The molecule has 6 heteroatoms. The molecule has 0 saturated heterocycles. The topological polar surface area (TPSA) is 95.9 Å². The van der Waals surface area contributed by atoms with E-state index in [0.717, 1.165) is 83.5 Å². The first kappa shape index (κ1) is 55.1. The summed E-state index contributed by atoms with van der Waals surface area (Å²) in [5, 5.41) is 23.7. The molecule has 3 N–H and O–H groups in total. The van der Waals surface area contributed by atoms with Crippen LogP contribution in [0.2, 0.25) is 0 Å². The van der Waals surface area contributed by atoms with E-state index in [2.05, 4.69) is 62.5 Å². The highest BCUT2D eigenvalue weighted by Gasteiger charge is 2.24. The molecule has 3 atom stereocenters. The molecule has 0 heterocycles. The number of aliphatic hydroxyl groups excluding tert-OH is 2. The van der Waals surface area contributed by atoms with Crippen molar-refractivity contribution < 1.29 is 24.5 Å². The molecule has 0 aromatic rings. The molecule has 0 saturated carbocycles. The fourth-order valence-corrected chi connectivity index (χ4v) is 7.42. The normalized spacial score (nSPS) is 13.6. The summed E-state index contributed by atoms with van der Waals surface area (Å²) in [6.45, 7) is 6.43. The summed E-state index contributed by atoms with van der Waals surface area (Å²) < 4.78 is 5.90. The van der Waals surface area contributed by atoms with Crippen LogP contribution in [0.4, 0.5) is 0 Å². The molecule has 57 heavy (non-hydrogen) atoms. The number of allylic oxidation sites excluding steroid dienone is 6. The van der Waals surface area contributed by atoms with E-state index in [9.17, 15) is 19.8 Å². The third kappa shape index (κ3) is 40.6. The maximum Gasteiger partial charge on any atom is 0.306 e. The molecular formula is C51H95NO5. The molecule has 0 aromatic heterocycles. The van der Waals surface area contributed by atoms with Gasteiger partial charge in [0.2, 0.25) is 5.91 Å². The number of carbonyl (C=O) groups is 2. The Morgan fingerprint density at radius 2 is 0.895 bits per heavy atom. The number of ether oxygens (including phenoxy) is 1. The first-order valence-electron chi connectivity index (χ1n) is 24.7. The van der Waals surface area contributed by atoms with Crippen molar-refractivity contribution in [2.24, 2.45) is 0 Å². The zero-order valence-corrected chi connectivity index (χ0v) is 38.0. The van der Waals surface area contributed by atoms with Gasteiger partial charge in [0.15, 0.2) is 0 Å². The molecule has 0 rings (SSSR count). The van der Waals surface area contributed by atoms with Gasteiger partial charge >= 0.3 is 5.97 Å². The van der Waals surface area contributed by atoms with E-state index in [1.807, 2.05) is 0 Å². The first-order valence-corrected chi connectivity index (χ1v) is 24.7.